The summed E-state index contributed by atoms with van der Waals surface area (Å²) in [7, 11) is -3.75. The van der Waals surface area contributed by atoms with Crippen molar-refractivity contribution in [2.75, 3.05) is 5.75 Å². The van der Waals surface area contributed by atoms with Crippen molar-refractivity contribution in [3.05, 3.63) is 70.5 Å². The first-order valence-electron chi connectivity index (χ1n) is 9.12. The van der Waals surface area contributed by atoms with Crippen molar-refractivity contribution < 1.29 is 26.4 Å². The van der Waals surface area contributed by atoms with E-state index in [0.29, 0.717) is 11.6 Å². The third-order valence-electron chi connectivity index (χ3n) is 5.44. The summed E-state index contributed by atoms with van der Waals surface area (Å²) in [5, 5.41) is 0. The molecule has 0 aliphatic carbocycles. The van der Waals surface area contributed by atoms with Gasteiger partial charge in [-0.1, -0.05) is 6.07 Å². The highest BCUT2D eigenvalue weighted by Crippen LogP contribution is 2.38. The SMILES string of the molecule is CC1(C)C(N)=N[C@](C)(c2cc(CC(=O)c3ccc(F)cc3F)ccc2F)CS1(=O)=O. The monoisotopic (exact) mass is 438 g/mol. The molecule has 30 heavy (non-hydrogen) atoms. The van der Waals surface area contributed by atoms with E-state index in [4.69, 9.17) is 5.73 Å². The molecule has 5 nitrogen and oxygen atoms in total. The summed E-state index contributed by atoms with van der Waals surface area (Å²) in [5.41, 5.74) is 4.42. The van der Waals surface area contributed by atoms with E-state index in [1.165, 1.54) is 32.9 Å². The fourth-order valence-electron chi connectivity index (χ4n) is 3.37. The number of rotatable bonds is 4. The zero-order chi connectivity index (χ0) is 22.5. The first kappa shape index (κ1) is 22.0. The van der Waals surface area contributed by atoms with Crippen LogP contribution >= 0.6 is 0 Å². The Bertz CT molecular complexity index is 1180. The molecular weight excluding hydrogens is 417 g/mol. The molecule has 0 spiro atoms. The smallest absolute Gasteiger partial charge is 0.170 e. The van der Waals surface area contributed by atoms with Crippen LogP contribution in [-0.4, -0.2) is 30.5 Å². The van der Waals surface area contributed by atoms with Gasteiger partial charge in [0.1, 0.15) is 33.6 Å². The summed E-state index contributed by atoms with van der Waals surface area (Å²) in [6.45, 7) is 4.32. The van der Waals surface area contributed by atoms with Crippen molar-refractivity contribution in [3.8, 4) is 0 Å². The van der Waals surface area contributed by atoms with Gasteiger partial charge in [0.2, 0.25) is 0 Å². The van der Waals surface area contributed by atoms with Crippen LogP contribution in [0.25, 0.3) is 0 Å². The Hall–Kier alpha value is -2.68. The quantitative estimate of drug-likeness (QED) is 0.742. The molecule has 0 aromatic heterocycles. The zero-order valence-corrected chi connectivity index (χ0v) is 17.5. The number of hydrogen-bond donors (Lipinski definition) is 1. The summed E-state index contributed by atoms with van der Waals surface area (Å²) < 4.78 is 65.7. The van der Waals surface area contributed by atoms with Crippen LogP contribution in [0, 0.1) is 17.5 Å². The number of ketones is 1. The molecule has 1 atom stereocenters. The molecule has 2 aromatic carbocycles. The molecule has 0 fully saturated rings. The van der Waals surface area contributed by atoms with Crippen LogP contribution in [0.1, 0.15) is 42.3 Å². The number of carbonyl (C=O) groups excluding carboxylic acids is 1. The second kappa shape index (κ2) is 7.23. The van der Waals surface area contributed by atoms with Crippen molar-refractivity contribution >= 4 is 21.5 Å². The van der Waals surface area contributed by atoms with Gasteiger partial charge in [0.15, 0.2) is 15.6 Å². The van der Waals surface area contributed by atoms with Gasteiger partial charge in [0.05, 0.1) is 11.3 Å². The highest BCUT2D eigenvalue weighted by Gasteiger charge is 2.49. The number of nitrogens with two attached hydrogens (primary N) is 1. The third-order valence-corrected chi connectivity index (χ3v) is 8.15. The van der Waals surface area contributed by atoms with Gasteiger partial charge < -0.3 is 5.73 Å². The van der Waals surface area contributed by atoms with Crippen LogP contribution in [0.3, 0.4) is 0 Å². The van der Waals surface area contributed by atoms with E-state index >= 15 is 0 Å². The van der Waals surface area contributed by atoms with E-state index in [9.17, 15) is 26.4 Å². The Kier molecular flexibility index (Phi) is 5.30. The number of amidine groups is 1. The molecule has 1 aliphatic heterocycles. The Labute approximate surface area is 172 Å². The number of halogens is 3. The lowest BCUT2D eigenvalue weighted by molar-refractivity contribution is 0.0989. The van der Waals surface area contributed by atoms with Gasteiger partial charge in [0, 0.05) is 18.1 Å². The number of aliphatic imine (C=N–C) groups is 1. The highest BCUT2D eigenvalue weighted by molar-refractivity contribution is 7.93. The Morgan fingerprint density at radius 1 is 1.07 bits per heavy atom. The summed E-state index contributed by atoms with van der Waals surface area (Å²) >= 11 is 0. The normalized spacial score (nSPS) is 22.4. The average Bonchev–Trinajstić information content (AvgIpc) is 2.61. The molecule has 2 N–H and O–H groups in total. The van der Waals surface area contributed by atoms with Crippen molar-refractivity contribution in [2.24, 2.45) is 10.7 Å². The van der Waals surface area contributed by atoms with Crippen molar-refractivity contribution in [2.45, 2.75) is 37.5 Å². The van der Waals surface area contributed by atoms with Gasteiger partial charge in [-0.3, -0.25) is 9.79 Å². The molecule has 0 bridgehead atoms. The minimum absolute atomic E-state index is 0.0330. The molecule has 1 heterocycles. The lowest BCUT2D eigenvalue weighted by Gasteiger charge is -2.38. The first-order chi connectivity index (χ1) is 13.8. The molecule has 160 valence electrons. The fraction of sp³-hybridized carbons (Fsp3) is 0.333. The zero-order valence-electron chi connectivity index (χ0n) is 16.7. The molecule has 0 unspecified atom stereocenters. The number of carbonyl (C=O) groups is 1. The number of sulfone groups is 1. The second-order valence-corrected chi connectivity index (χ2v) is 10.6. The lowest BCUT2D eigenvalue weighted by atomic mass is 9.90. The highest BCUT2D eigenvalue weighted by atomic mass is 32.2. The van der Waals surface area contributed by atoms with Crippen LogP contribution < -0.4 is 5.73 Å². The summed E-state index contributed by atoms with van der Waals surface area (Å²) in [4.78, 5) is 16.7. The van der Waals surface area contributed by atoms with Gasteiger partial charge in [-0.25, -0.2) is 21.6 Å². The number of Topliss-reactive ketones (excluding diaryl/α,β-unsaturated/α-hetero) is 1. The van der Waals surface area contributed by atoms with E-state index in [1.807, 2.05) is 0 Å². The predicted molar refractivity (Wildman–Crippen MR) is 108 cm³/mol. The molecule has 0 amide bonds. The molecule has 1 aliphatic rings. The molecule has 2 aromatic rings. The summed E-state index contributed by atoms with van der Waals surface area (Å²) in [5.74, 6) is -3.73. The van der Waals surface area contributed by atoms with Gasteiger partial charge in [-0.2, -0.15) is 0 Å². The van der Waals surface area contributed by atoms with Crippen molar-refractivity contribution in [1.29, 1.82) is 0 Å². The number of nitrogens with zero attached hydrogens (tertiary/aromatic N) is 1. The summed E-state index contributed by atoms with van der Waals surface area (Å²) in [6, 6.07) is 6.40. The fourth-order valence-corrected chi connectivity index (χ4v) is 5.06. The molecule has 3 rings (SSSR count). The Morgan fingerprint density at radius 3 is 2.33 bits per heavy atom. The van der Waals surface area contributed by atoms with Gasteiger partial charge in [0.25, 0.3) is 0 Å². The minimum atomic E-state index is -3.75. The van der Waals surface area contributed by atoms with Crippen LogP contribution in [0.15, 0.2) is 41.4 Å². The first-order valence-corrected chi connectivity index (χ1v) is 10.8. The number of benzene rings is 2. The van der Waals surface area contributed by atoms with Crippen LogP contribution in [0.5, 0.6) is 0 Å². The maximum atomic E-state index is 14.6. The van der Waals surface area contributed by atoms with Crippen molar-refractivity contribution in [1.82, 2.24) is 0 Å². The molecule has 0 saturated heterocycles. The van der Waals surface area contributed by atoms with E-state index in [-0.39, 0.29) is 23.4 Å². The van der Waals surface area contributed by atoms with E-state index in [2.05, 4.69) is 4.99 Å². The van der Waals surface area contributed by atoms with Crippen LogP contribution in [0.4, 0.5) is 13.2 Å². The number of hydrogen-bond acceptors (Lipinski definition) is 5. The van der Waals surface area contributed by atoms with E-state index in [0.717, 1.165) is 18.2 Å². The minimum Gasteiger partial charge on any atom is -0.386 e. The molecule has 0 radical (unpaired) electrons. The van der Waals surface area contributed by atoms with E-state index in [1.54, 1.807) is 0 Å². The van der Waals surface area contributed by atoms with E-state index < -0.39 is 49.1 Å². The molecular formula is C21H21F3N2O3S. The maximum absolute atomic E-state index is 14.6. The Morgan fingerprint density at radius 2 is 1.73 bits per heavy atom. The lowest BCUT2D eigenvalue weighted by Crippen LogP contribution is -2.55. The van der Waals surface area contributed by atoms with Crippen molar-refractivity contribution in [3.63, 3.8) is 0 Å². The Balaban J connectivity index is 2.00. The predicted octanol–water partition coefficient (Wildman–Crippen LogP) is 3.31. The average molecular weight is 438 g/mol. The largest absolute Gasteiger partial charge is 0.386 e. The molecule has 9 heteroatoms. The summed E-state index contributed by atoms with van der Waals surface area (Å²) in [6.07, 6.45) is -0.288. The van der Waals surface area contributed by atoms with Gasteiger partial charge >= 0.3 is 0 Å². The van der Waals surface area contributed by atoms with Crippen LogP contribution in [0.2, 0.25) is 0 Å². The van der Waals surface area contributed by atoms with Gasteiger partial charge in [-0.15, -0.1) is 0 Å². The van der Waals surface area contributed by atoms with Crippen LogP contribution in [-0.2, 0) is 21.8 Å². The maximum Gasteiger partial charge on any atom is 0.170 e. The topological polar surface area (TPSA) is 89.6 Å². The third kappa shape index (κ3) is 3.74. The molecule has 0 saturated carbocycles. The standard InChI is InChI=1S/C21H21F3N2O3S/c1-20(2)19(25)26-21(3,11-30(20,28)29)15-8-12(4-7-16(15)23)9-18(27)14-6-5-13(22)10-17(14)24/h4-8,10H,9,11H2,1-3H3,(H2,25,26)/t21-/m0/s1. The van der Waals surface area contributed by atoms with Gasteiger partial charge in [-0.05, 0) is 50.6 Å². The second-order valence-electron chi connectivity index (χ2n) is 8.08.